The lowest BCUT2D eigenvalue weighted by Crippen LogP contribution is -2.32. The number of amides is 1. The fourth-order valence-corrected chi connectivity index (χ4v) is 4.21. The minimum absolute atomic E-state index is 0.190. The van der Waals surface area contributed by atoms with Crippen molar-refractivity contribution in [3.8, 4) is 0 Å². The van der Waals surface area contributed by atoms with Crippen molar-refractivity contribution in [2.45, 2.75) is 18.8 Å². The van der Waals surface area contributed by atoms with E-state index in [9.17, 15) is 4.79 Å². The van der Waals surface area contributed by atoms with Gasteiger partial charge in [0.15, 0.2) is 0 Å². The summed E-state index contributed by atoms with van der Waals surface area (Å²) < 4.78 is 2.08. The van der Waals surface area contributed by atoms with Gasteiger partial charge in [0, 0.05) is 29.6 Å². The summed E-state index contributed by atoms with van der Waals surface area (Å²) in [4.78, 5) is 16.0. The van der Waals surface area contributed by atoms with Crippen LogP contribution in [0.15, 0.2) is 66.2 Å². The summed E-state index contributed by atoms with van der Waals surface area (Å²) in [5.41, 5.74) is 2.41. The zero-order valence-corrected chi connectivity index (χ0v) is 15.9. The first-order valence-corrected chi connectivity index (χ1v) is 10.3. The Kier molecular flexibility index (Phi) is 6.36. The minimum Gasteiger partial charge on any atom is -0.353 e. The Bertz CT molecular complexity index is 781. The third kappa shape index (κ3) is 5.25. The Morgan fingerprint density at radius 3 is 2.60 bits per heavy atom. The average Bonchev–Trinajstić information content (AvgIpc) is 3.27. The molecule has 2 heterocycles. The molecule has 0 aliphatic carbocycles. The van der Waals surface area contributed by atoms with Crippen molar-refractivity contribution < 1.29 is 4.79 Å². The maximum atomic E-state index is 12.8. The van der Waals surface area contributed by atoms with Gasteiger partial charge in [-0.25, -0.2) is 0 Å². The van der Waals surface area contributed by atoms with Crippen LogP contribution in [0.4, 0.5) is 0 Å². The van der Waals surface area contributed by atoms with Crippen molar-refractivity contribution in [2.75, 3.05) is 5.75 Å². The Balaban J connectivity index is 1.61. The molecule has 0 N–H and O–H groups in total. The second-order valence-corrected chi connectivity index (χ2v) is 7.94. The van der Waals surface area contributed by atoms with Crippen molar-refractivity contribution >= 4 is 29.0 Å². The summed E-state index contributed by atoms with van der Waals surface area (Å²) in [5.74, 6) is 1.56. The molecule has 0 unspecified atom stereocenters. The number of nitrogens with zero attached hydrogens (tertiary/aromatic N) is 2. The van der Waals surface area contributed by atoms with Crippen molar-refractivity contribution in [2.24, 2.45) is 7.05 Å². The van der Waals surface area contributed by atoms with E-state index in [0.29, 0.717) is 18.8 Å². The highest BCUT2D eigenvalue weighted by molar-refractivity contribution is 7.99. The first-order chi connectivity index (χ1) is 12.2. The van der Waals surface area contributed by atoms with E-state index in [1.165, 1.54) is 10.4 Å². The molecule has 0 saturated heterocycles. The number of carbonyl (C=O) groups excluding carboxylic acids is 1. The van der Waals surface area contributed by atoms with Crippen LogP contribution in [0.2, 0.25) is 0 Å². The Morgan fingerprint density at radius 2 is 1.92 bits per heavy atom. The number of carbonyl (C=O) groups is 1. The zero-order valence-electron chi connectivity index (χ0n) is 14.3. The molecule has 0 fully saturated rings. The van der Waals surface area contributed by atoms with Gasteiger partial charge in [0.05, 0.1) is 18.8 Å². The SMILES string of the molecule is Cn1cccc1CN(Cc1cccs1)C(=O)CSCc1ccccc1. The molecule has 0 bridgehead atoms. The monoisotopic (exact) mass is 370 g/mol. The lowest BCUT2D eigenvalue weighted by Gasteiger charge is -2.22. The summed E-state index contributed by atoms with van der Waals surface area (Å²) in [6.45, 7) is 1.32. The van der Waals surface area contributed by atoms with Crippen molar-refractivity contribution in [1.82, 2.24) is 9.47 Å². The van der Waals surface area contributed by atoms with Crippen LogP contribution in [-0.4, -0.2) is 21.1 Å². The van der Waals surface area contributed by atoms with Crippen LogP contribution in [0.25, 0.3) is 0 Å². The van der Waals surface area contributed by atoms with Gasteiger partial charge in [-0.3, -0.25) is 4.79 Å². The topological polar surface area (TPSA) is 25.2 Å². The van der Waals surface area contributed by atoms with Gasteiger partial charge in [-0.05, 0) is 29.1 Å². The predicted molar refractivity (Wildman–Crippen MR) is 107 cm³/mol. The van der Waals surface area contributed by atoms with Crippen LogP contribution in [0.1, 0.15) is 16.1 Å². The summed E-state index contributed by atoms with van der Waals surface area (Å²) in [6.07, 6.45) is 2.02. The van der Waals surface area contributed by atoms with E-state index in [0.717, 1.165) is 11.4 Å². The Labute approximate surface area is 157 Å². The van der Waals surface area contributed by atoms with Crippen LogP contribution in [0.3, 0.4) is 0 Å². The van der Waals surface area contributed by atoms with Crippen LogP contribution in [0, 0.1) is 0 Å². The first kappa shape index (κ1) is 17.8. The molecule has 5 heteroatoms. The van der Waals surface area contributed by atoms with E-state index in [1.807, 2.05) is 48.5 Å². The van der Waals surface area contributed by atoms with E-state index >= 15 is 0 Å². The molecule has 0 radical (unpaired) electrons. The highest BCUT2D eigenvalue weighted by Gasteiger charge is 2.16. The van der Waals surface area contributed by atoms with Crippen LogP contribution in [0.5, 0.6) is 0 Å². The van der Waals surface area contributed by atoms with Gasteiger partial charge in [-0.2, -0.15) is 0 Å². The lowest BCUT2D eigenvalue weighted by molar-refractivity contribution is -0.129. The number of benzene rings is 1. The molecule has 2 aromatic heterocycles. The highest BCUT2D eigenvalue weighted by Crippen LogP contribution is 2.18. The molecule has 25 heavy (non-hydrogen) atoms. The molecule has 3 aromatic rings. The predicted octanol–water partition coefficient (Wildman–Crippen LogP) is 4.55. The van der Waals surface area contributed by atoms with E-state index in [1.54, 1.807) is 23.1 Å². The molecular formula is C20H22N2OS2. The van der Waals surface area contributed by atoms with Gasteiger partial charge >= 0.3 is 0 Å². The quantitative estimate of drug-likeness (QED) is 0.581. The maximum Gasteiger partial charge on any atom is 0.233 e. The molecule has 0 aliphatic rings. The third-order valence-corrected chi connectivity index (χ3v) is 5.87. The van der Waals surface area contributed by atoms with Gasteiger partial charge in [0.2, 0.25) is 5.91 Å². The van der Waals surface area contributed by atoms with Gasteiger partial charge < -0.3 is 9.47 Å². The normalized spacial score (nSPS) is 10.8. The second kappa shape index (κ2) is 8.92. The summed E-state index contributed by atoms with van der Waals surface area (Å²) in [6, 6.07) is 18.5. The molecule has 130 valence electrons. The second-order valence-electron chi connectivity index (χ2n) is 5.92. The third-order valence-electron chi connectivity index (χ3n) is 4.02. The first-order valence-electron chi connectivity index (χ1n) is 8.24. The average molecular weight is 371 g/mol. The number of thiophene rings is 1. The highest BCUT2D eigenvalue weighted by atomic mass is 32.2. The zero-order chi connectivity index (χ0) is 17.5. The number of rotatable bonds is 8. The standard InChI is InChI=1S/C20H22N2OS2/c1-21-11-5-9-18(21)13-22(14-19-10-6-12-25-19)20(23)16-24-15-17-7-3-2-4-8-17/h2-12H,13-16H2,1H3. The number of hydrogen-bond donors (Lipinski definition) is 0. The van der Waals surface area contributed by atoms with Crippen LogP contribution in [-0.2, 0) is 30.7 Å². The lowest BCUT2D eigenvalue weighted by atomic mass is 10.2. The van der Waals surface area contributed by atoms with E-state index in [-0.39, 0.29) is 5.91 Å². The number of aromatic nitrogens is 1. The van der Waals surface area contributed by atoms with Gasteiger partial charge in [0.1, 0.15) is 0 Å². The van der Waals surface area contributed by atoms with Gasteiger partial charge in [0.25, 0.3) is 0 Å². The molecule has 0 aliphatic heterocycles. The molecule has 0 saturated carbocycles. The summed E-state index contributed by atoms with van der Waals surface area (Å²) in [7, 11) is 2.02. The largest absolute Gasteiger partial charge is 0.353 e. The smallest absolute Gasteiger partial charge is 0.233 e. The molecule has 0 spiro atoms. The van der Waals surface area contributed by atoms with Gasteiger partial charge in [-0.1, -0.05) is 36.4 Å². The Morgan fingerprint density at radius 1 is 1.08 bits per heavy atom. The maximum absolute atomic E-state index is 12.8. The number of hydrogen-bond acceptors (Lipinski definition) is 3. The van der Waals surface area contributed by atoms with Crippen LogP contribution < -0.4 is 0 Å². The Hall–Kier alpha value is -1.98. The number of aryl methyl sites for hydroxylation is 1. The molecule has 1 aromatic carbocycles. The van der Waals surface area contributed by atoms with Crippen molar-refractivity contribution in [3.63, 3.8) is 0 Å². The fourth-order valence-electron chi connectivity index (χ4n) is 2.60. The summed E-state index contributed by atoms with van der Waals surface area (Å²) >= 11 is 3.38. The fraction of sp³-hybridized carbons (Fsp3) is 0.250. The minimum atomic E-state index is 0.190. The van der Waals surface area contributed by atoms with Crippen molar-refractivity contribution in [3.05, 3.63) is 82.3 Å². The van der Waals surface area contributed by atoms with Crippen molar-refractivity contribution in [1.29, 1.82) is 0 Å². The molecule has 0 atom stereocenters. The molecular weight excluding hydrogens is 348 g/mol. The van der Waals surface area contributed by atoms with E-state index < -0.39 is 0 Å². The molecule has 3 rings (SSSR count). The van der Waals surface area contributed by atoms with Gasteiger partial charge in [-0.15, -0.1) is 23.1 Å². The van der Waals surface area contributed by atoms with E-state index in [4.69, 9.17) is 0 Å². The van der Waals surface area contributed by atoms with E-state index in [2.05, 4.69) is 34.2 Å². The molecule has 1 amide bonds. The molecule has 3 nitrogen and oxygen atoms in total. The number of thioether (sulfide) groups is 1. The summed E-state index contributed by atoms with van der Waals surface area (Å²) in [5, 5.41) is 2.06. The van der Waals surface area contributed by atoms with Crippen LogP contribution >= 0.6 is 23.1 Å².